The van der Waals surface area contributed by atoms with Crippen LogP contribution < -0.4 is 9.80 Å². The Balaban J connectivity index is 0.911. The first kappa shape index (κ1) is 49.7. The molecule has 5 heteroatoms. The molecule has 0 saturated carbocycles. The normalized spacial score (nSPS) is 13.9. The summed E-state index contributed by atoms with van der Waals surface area (Å²) in [7, 11) is 0. The molecule has 0 spiro atoms. The molecule has 0 radical (unpaired) electrons. The van der Waals surface area contributed by atoms with E-state index in [1.807, 2.05) is 0 Å². The molecule has 3 aromatic heterocycles. The van der Waals surface area contributed by atoms with E-state index in [0.29, 0.717) is 0 Å². The first-order valence-corrected chi connectivity index (χ1v) is 30.2. The highest BCUT2D eigenvalue weighted by atomic mass is 15.2. The fraction of sp³-hybridized carbons (Fsp3) is 0.0617. The molecular formula is C81H59N5. The number of fused-ring (bicyclic) bond motifs is 11. The van der Waals surface area contributed by atoms with Crippen LogP contribution in [0.5, 0.6) is 0 Å². The van der Waals surface area contributed by atoms with Gasteiger partial charge in [-0.05, 0) is 156 Å². The van der Waals surface area contributed by atoms with Gasteiger partial charge in [-0.15, -0.1) is 0 Å². The second-order valence-electron chi connectivity index (χ2n) is 23.2. The highest BCUT2D eigenvalue weighted by Gasteiger charge is 2.32. The summed E-state index contributed by atoms with van der Waals surface area (Å²) in [4.78, 5) is 5.09. The number of rotatable bonds is 10. The van der Waals surface area contributed by atoms with E-state index in [1.165, 1.54) is 116 Å². The van der Waals surface area contributed by atoms with Crippen LogP contribution in [0.15, 0.2) is 291 Å². The molecule has 0 N–H and O–H groups in total. The van der Waals surface area contributed by atoms with Crippen LogP contribution in [-0.2, 0) is 6.42 Å². The van der Waals surface area contributed by atoms with Crippen LogP contribution in [0.2, 0.25) is 0 Å². The van der Waals surface area contributed by atoms with Crippen LogP contribution in [0, 0.1) is 0 Å². The molecule has 5 nitrogen and oxygen atoms in total. The van der Waals surface area contributed by atoms with Crippen molar-refractivity contribution < 1.29 is 0 Å². The zero-order valence-electron chi connectivity index (χ0n) is 47.7. The fourth-order valence-electron chi connectivity index (χ4n) is 14.5. The van der Waals surface area contributed by atoms with Gasteiger partial charge in [0, 0.05) is 101 Å². The van der Waals surface area contributed by atoms with Gasteiger partial charge in [0.05, 0.1) is 33.4 Å². The summed E-state index contributed by atoms with van der Waals surface area (Å²) in [6, 6.07) is 103. The largest absolute Gasteiger partial charge is 0.314 e. The third kappa shape index (κ3) is 7.99. The summed E-state index contributed by atoms with van der Waals surface area (Å²) >= 11 is 0. The highest BCUT2D eigenvalue weighted by molar-refractivity contribution is 6.12. The molecule has 86 heavy (non-hydrogen) atoms. The summed E-state index contributed by atoms with van der Waals surface area (Å²) in [5.41, 5.74) is 22.8. The molecule has 0 amide bonds. The highest BCUT2D eigenvalue weighted by Crippen LogP contribution is 2.50. The summed E-state index contributed by atoms with van der Waals surface area (Å²) in [5, 5.41) is 9.72. The molecule has 3 heterocycles. The molecule has 0 bridgehead atoms. The van der Waals surface area contributed by atoms with Gasteiger partial charge in [0.15, 0.2) is 0 Å². The van der Waals surface area contributed by atoms with Gasteiger partial charge in [-0.25, -0.2) is 0 Å². The van der Waals surface area contributed by atoms with Gasteiger partial charge in [-0.1, -0.05) is 189 Å². The molecule has 1 atom stereocenters. The zero-order chi connectivity index (χ0) is 56.8. The lowest BCUT2D eigenvalue weighted by molar-refractivity contribution is 0.692. The van der Waals surface area contributed by atoms with Gasteiger partial charge in [-0.3, -0.25) is 0 Å². The molecule has 0 fully saturated rings. The van der Waals surface area contributed by atoms with E-state index in [-0.39, 0.29) is 5.92 Å². The summed E-state index contributed by atoms with van der Waals surface area (Å²) in [6.45, 7) is 2.44. The van der Waals surface area contributed by atoms with E-state index < -0.39 is 0 Å². The monoisotopic (exact) mass is 1100 g/mol. The number of aromatic nitrogens is 3. The molecule has 2 aliphatic carbocycles. The van der Waals surface area contributed by atoms with E-state index in [0.717, 1.165) is 53.4 Å². The Labute approximate surface area is 500 Å². The minimum atomic E-state index is 0.129. The van der Waals surface area contributed by atoms with E-state index in [4.69, 9.17) is 0 Å². The maximum absolute atomic E-state index is 2.59. The third-order valence-electron chi connectivity index (χ3n) is 18.2. The van der Waals surface area contributed by atoms with Crippen LogP contribution in [0.25, 0.3) is 105 Å². The topological polar surface area (TPSA) is 21.3 Å². The molecule has 2 aliphatic rings. The maximum Gasteiger partial charge on any atom is 0.0542 e. The predicted octanol–water partition coefficient (Wildman–Crippen LogP) is 21.8. The summed E-state index contributed by atoms with van der Waals surface area (Å²) in [6.07, 6.45) is 10.1. The number of nitrogens with zero attached hydrogens (tertiary/aromatic N) is 5. The van der Waals surface area contributed by atoms with Gasteiger partial charge < -0.3 is 23.5 Å². The molecular weight excluding hydrogens is 1040 g/mol. The Bertz CT molecular complexity index is 5200. The van der Waals surface area contributed by atoms with E-state index in [9.17, 15) is 0 Å². The fourth-order valence-corrected chi connectivity index (χ4v) is 14.5. The Morgan fingerprint density at radius 3 is 1.50 bits per heavy atom. The van der Waals surface area contributed by atoms with Crippen molar-refractivity contribution in [3.63, 3.8) is 0 Å². The molecule has 15 aromatic rings. The van der Waals surface area contributed by atoms with Gasteiger partial charge in [0.1, 0.15) is 0 Å². The van der Waals surface area contributed by atoms with Crippen molar-refractivity contribution in [2.24, 2.45) is 0 Å². The standard InChI is InChI=1S/C81H59N5/c1-54-49-65(83(75-38-20-26-58-24-12-14-32-67(58)75)64-44-47-79-71(51-64)69-34-16-18-36-77(69)85(79)60-29-9-4-10-30-60)53-73-72-52-63(45-48-80(72)86(81(54)73)61-41-39-56(40-42-61)55-21-5-2-6-22-55)82(74-37-19-25-57-23-11-13-31-66(57)74)62-43-46-78-70(50-62)68-33-15-17-35-76(68)84(78)59-27-7-3-8-28-59/h2-17,19-35,37-48,50-54H,18,36,49H2,1H3. The number of allylic oxidation sites excluding steroid dienone is 2. The van der Waals surface area contributed by atoms with Crippen molar-refractivity contribution in [2.75, 3.05) is 9.80 Å². The van der Waals surface area contributed by atoms with Gasteiger partial charge in [-0.2, -0.15) is 0 Å². The number of hydrogen-bond acceptors (Lipinski definition) is 2. The Morgan fingerprint density at radius 1 is 0.360 bits per heavy atom. The smallest absolute Gasteiger partial charge is 0.0542 e. The Kier molecular flexibility index (Phi) is 11.7. The number of anilines is 5. The molecule has 17 rings (SSSR count). The molecule has 1 unspecified atom stereocenters. The first-order valence-electron chi connectivity index (χ1n) is 30.2. The Hall–Kier alpha value is -10.9. The number of para-hydroxylation sites is 3. The minimum absolute atomic E-state index is 0.129. The van der Waals surface area contributed by atoms with Crippen molar-refractivity contribution in [3.8, 4) is 28.2 Å². The maximum atomic E-state index is 2.59. The Morgan fingerprint density at radius 2 is 0.837 bits per heavy atom. The van der Waals surface area contributed by atoms with Crippen LogP contribution in [0.1, 0.15) is 48.2 Å². The van der Waals surface area contributed by atoms with Gasteiger partial charge in [0.25, 0.3) is 0 Å². The first-order chi connectivity index (χ1) is 42.6. The quantitative estimate of drug-likeness (QED) is 0.136. The van der Waals surface area contributed by atoms with Crippen molar-refractivity contribution in [2.45, 2.75) is 32.1 Å². The van der Waals surface area contributed by atoms with Crippen LogP contribution in [0.3, 0.4) is 0 Å². The SMILES string of the molecule is CC1CC(N(c2ccc3c(c2)c2c(n3-c3ccccc3)CCC=C2)c2cccc3ccccc23)=Cc2c1n(-c1ccc(-c3ccccc3)cc1)c1ccc(N(c3ccc4c(c3)c3ccccc3n4-c3ccccc3)c3cccc4ccccc34)cc21. The lowest BCUT2D eigenvalue weighted by Crippen LogP contribution is -2.21. The average molecular weight is 1100 g/mol. The van der Waals surface area contributed by atoms with E-state index in [1.54, 1.807) is 0 Å². The third-order valence-corrected chi connectivity index (χ3v) is 18.2. The van der Waals surface area contributed by atoms with Gasteiger partial charge >= 0.3 is 0 Å². The minimum Gasteiger partial charge on any atom is -0.314 e. The van der Waals surface area contributed by atoms with Crippen molar-refractivity contribution in [3.05, 3.63) is 313 Å². The second kappa shape index (κ2) is 20.2. The summed E-state index contributed by atoms with van der Waals surface area (Å²) < 4.78 is 7.46. The van der Waals surface area contributed by atoms with Crippen LogP contribution in [0.4, 0.5) is 28.4 Å². The van der Waals surface area contributed by atoms with Gasteiger partial charge in [0.2, 0.25) is 0 Å². The summed E-state index contributed by atoms with van der Waals surface area (Å²) in [5.74, 6) is 0.129. The molecule has 408 valence electrons. The number of hydrogen-bond donors (Lipinski definition) is 0. The molecule has 12 aromatic carbocycles. The number of benzene rings is 12. The average Bonchev–Trinajstić information content (AvgIpc) is 1.81. The van der Waals surface area contributed by atoms with Crippen molar-refractivity contribution in [1.82, 2.24) is 13.7 Å². The molecule has 0 saturated heterocycles. The lowest BCUT2D eigenvalue weighted by atomic mass is 9.89. The van der Waals surface area contributed by atoms with Crippen LogP contribution >= 0.6 is 0 Å². The van der Waals surface area contributed by atoms with Crippen molar-refractivity contribution in [1.29, 1.82) is 0 Å². The lowest BCUT2D eigenvalue weighted by Gasteiger charge is -2.33. The zero-order valence-corrected chi connectivity index (χ0v) is 47.7. The van der Waals surface area contributed by atoms with E-state index >= 15 is 0 Å². The van der Waals surface area contributed by atoms with Crippen molar-refractivity contribution >= 4 is 106 Å². The predicted molar refractivity (Wildman–Crippen MR) is 363 cm³/mol. The van der Waals surface area contributed by atoms with Crippen LogP contribution in [-0.4, -0.2) is 13.7 Å². The molecule has 0 aliphatic heterocycles. The van der Waals surface area contributed by atoms with E-state index in [2.05, 4.69) is 328 Å². The second-order valence-corrected chi connectivity index (χ2v) is 23.2.